The second kappa shape index (κ2) is 5.55. The summed E-state index contributed by atoms with van der Waals surface area (Å²) in [5, 5.41) is 10.00. The van der Waals surface area contributed by atoms with Crippen LogP contribution >= 0.6 is 0 Å². The number of aliphatic hydroxyl groups is 1. The molecule has 1 aromatic rings. The number of rotatable bonds is 3. The molecule has 7 heteroatoms. The molecule has 21 heavy (non-hydrogen) atoms. The van der Waals surface area contributed by atoms with Gasteiger partial charge in [-0.05, 0) is 25.7 Å². The summed E-state index contributed by atoms with van der Waals surface area (Å²) in [5.74, 6) is 0.449. The van der Waals surface area contributed by atoms with Crippen molar-refractivity contribution in [2.45, 2.75) is 45.8 Å². The minimum absolute atomic E-state index is 0.207. The minimum atomic E-state index is -0.704. The van der Waals surface area contributed by atoms with Crippen LogP contribution in [-0.4, -0.2) is 33.3 Å². The Hall–Kier alpha value is -1.76. The maximum absolute atomic E-state index is 12.1. The molecule has 1 fully saturated rings. The highest BCUT2D eigenvalue weighted by atomic mass is 16.3. The Morgan fingerprint density at radius 1 is 1.33 bits per heavy atom. The van der Waals surface area contributed by atoms with Gasteiger partial charge in [0.1, 0.15) is 11.5 Å². The van der Waals surface area contributed by atoms with Crippen LogP contribution < -0.4 is 21.9 Å². The molecule has 0 radical (unpaired) electrons. The summed E-state index contributed by atoms with van der Waals surface area (Å²) in [6.45, 7) is 7.29. The normalized spacial score (nSPS) is 18.2. The summed E-state index contributed by atoms with van der Waals surface area (Å²) in [7, 11) is 0. The van der Waals surface area contributed by atoms with E-state index < -0.39 is 16.9 Å². The van der Waals surface area contributed by atoms with Crippen molar-refractivity contribution >= 4 is 11.5 Å². The fourth-order valence-corrected chi connectivity index (χ4v) is 2.64. The number of nitrogens with one attached hydrogen (secondary N) is 1. The van der Waals surface area contributed by atoms with Gasteiger partial charge in [0.15, 0.2) is 0 Å². The van der Waals surface area contributed by atoms with Gasteiger partial charge in [-0.15, -0.1) is 0 Å². The Morgan fingerprint density at radius 2 is 1.90 bits per heavy atom. The second-order valence-corrected chi connectivity index (χ2v) is 6.48. The first-order valence-corrected chi connectivity index (χ1v) is 7.31. The zero-order valence-corrected chi connectivity index (χ0v) is 12.8. The maximum Gasteiger partial charge on any atom is 0.330 e. The Balaban J connectivity index is 2.40. The fraction of sp³-hybridized carbons (Fsp3) is 0.714. The molecule has 1 aliphatic heterocycles. The van der Waals surface area contributed by atoms with Gasteiger partial charge in [-0.1, -0.05) is 13.8 Å². The average molecular weight is 296 g/mol. The molecule has 118 valence electrons. The van der Waals surface area contributed by atoms with Crippen molar-refractivity contribution < 1.29 is 5.11 Å². The Labute approximate surface area is 123 Å². The van der Waals surface area contributed by atoms with Crippen LogP contribution in [0.15, 0.2) is 9.59 Å². The molecule has 0 unspecified atom stereocenters. The van der Waals surface area contributed by atoms with Crippen LogP contribution in [0.1, 0.15) is 33.6 Å². The lowest BCUT2D eigenvalue weighted by atomic mass is 9.93. The zero-order valence-electron chi connectivity index (χ0n) is 12.8. The fourth-order valence-electron chi connectivity index (χ4n) is 2.64. The van der Waals surface area contributed by atoms with Crippen molar-refractivity contribution in [2.75, 3.05) is 23.7 Å². The van der Waals surface area contributed by atoms with E-state index in [0.29, 0.717) is 38.2 Å². The number of piperidine rings is 1. The highest BCUT2D eigenvalue weighted by Gasteiger charge is 2.30. The Morgan fingerprint density at radius 3 is 2.43 bits per heavy atom. The molecule has 1 saturated heterocycles. The number of anilines is 2. The number of hydrogen-bond acceptors (Lipinski definition) is 5. The third-order valence-corrected chi connectivity index (χ3v) is 3.92. The van der Waals surface area contributed by atoms with Gasteiger partial charge in [-0.2, -0.15) is 0 Å². The van der Waals surface area contributed by atoms with Gasteiger partial charge in [-0.3, -0.25) is 14.3 Å². The van der Waals surface area contributed by atoms with Crippen molar-refractivity contribution in [3.05, 3.63) is 20.8 Å². The van der Waals surface area contributed by atoms with Gasteiger partial charge in [0.05, 0.1) is 5.60 Å². The van der Waals surface area contributed by atoms with Crippen LogP contribution in [0.3, 0.4) is 0 Å². The molecule has 0 aliphatic carbocycles. The predicted molar refractivity (Wildman–Crippen MR) is 82.6 cm³/mol. The molecule has 0 atom stereocenters. The second-order valence-electron chi connectivity index (χ2n) is 6.48. The van der Waals surface area contributed by atoms with Crippen molar-refractivity contribution in [1.82, 2.24) is 9.55 Å². The van der Waals surface area contributed by atoms with Crippen LogP contribution in [0, 0.1) is 5.92 Å². The van der Waals surface area contributed by atoms with Gasteiger partial charge in [0, 0.05) is 19.6 Å². The van der Waals surface area contributed by atoms with E-state index in [-0.39, 0.29) is 11.7 Å². The predicted octanol–water partition coefficient (Wildman–Crippen LogP) is 0.126. The number of hydrogen-bond donors (Lipinski definition) is 3. The summed E-state index contributed by atoms with van der Waals surface area (Å²) >= 11 is 0. The van der Waals surface area contributed by atoms with E-state index in [1.165, 1.54) is 4.57 Å². The summed E-state index contributed by atoms with van der Waals surface area (Å²) in [6, 6.07) is 0. The topological polar surface area (TPSA) is 104 Å². The molecule has 2 heterocycles. The number of nitrogen functional groups attached to an aromatic ring is 1. The van der Waals surface area contributed by atoms with Crippen molar-refractivity contribution in [3.8, 4) is 0 Å². The van der Waals surface area contributed by atoms with Crippen LogP contribution in [0.4, 0.5) is 11.5 Å². The number of aromatic nitrogens is 2. The van der Waals surface area contributed by atoms with Crippen LogP contribution in [0.2, 0.25) is 0 Å². The SMILES string of the molecule is CC(C)Cn1c(N)c(N2CCC(C)(O)CC2)c(=O)[nH]c1=O. The first-order chi connectivity index (χ1) is 9.71. The average Bonchev–Trinajstić information content (AvgIpc) is 2.36. The molecule has 0 bridgehead atoms. The monoisotopic (exact) mass is 296 g/mol. The summed E-state index contributed by atoms with van der Waals surface area (Å²) in [5.41, 5.74) is 4.77. The van der Waals surface area contributed by atoms with Gasteiger partial charge in [0.25, 0.3) is 5.56 Å². The lowest BCUT2D eigenvalue weighted by molar-refractivity contribution is 0.0351. The lowest BCUT2D eigenvalue weighted by Gasteiger charge is -2.37. The smallest absolute Gasteiger partial charge is 0.330 e. The van der Waals surface area contributed by atoms with Crippen molar-refractivity contribution in [1.29, 1.82) is 0 Å². The first-order valence-electron chi connectivity index (χ1n) is 7.31. The number of aromatic amines is 1. The van der Waals surface area contributed by atoms with Crippen molar-refractivity contribution in [2.24, 2.45) is 5.92 Å². The maximum atomic E-state index is 12.1. The molecular formula is C14H24N4O3. The molecular weight excluding hydrogens is 272 g/mol. The van der Waals surface area contributed by atoms with Gasteiger partial charge < -0.3 is 15.7 Å². The molecule has 0 spiro atoms. The van der Waals surface area contributed by atoms with Crippen LogP contribution in [0.25, 0.3) is 0 Å². The molecule has 7 nitrogen and oxygen atoms in total. The molecule has 4 N–H and O–H groups in total. The molecule has 2 rings (SSSR count). The number of nitrogens with two attached hydrogens (primary N) is 1. The van der Waals surface area contributed by atoms with Gasteiger partial charge in [-0.25, -0.2) is 4.79 Å². The molecule has 1 aliphatic rings. The molecule has 0 amide bonds. The van der Waals surface area contributed by atoms with E-state index >= 15 is 0 Å². The van der Waals surface area contributed by atoms with Gasteiger partial charge in [0.2, 0.25) is 0 Å². The largest absolute Gasteiger partial charge is 0.390 e. The quantitative estimate of drug-likeness (QED) is 0.735. The lowest BCUT2D eigenvalue weighted by Crippen LogP contribution is -2.46. The Bertz CT molecular complexity index is 620. The van der Waals surface area contributed by atoms with Crippen molar-refractivity contribution in [3.63, 3.8) is 0 Å². The molecule has 0 saturated carbocycles. The van der Waals surface area contributed by atoms with E-state index in [1.54, 1.807) is 6.92 Å². The zero-order chi connectivity index (χ0) is 15.8. The van der Waals surface area contributed by atoms with E-state index in [9.17, 15) is 14.7 Å². The summed E-state index contributed by atoms with van der Waals surface area (Å²) < 4.78 is 1.41. The van der Waals surface area contributed by atoms with E-state index in [4.69, 9.17) is 5.73 Å². The van der Waals surface area contributed by atoms with E-state index in [2.05, 4.69) is 4.98 Å². The van der Waals surface area contributed by atoms with Crippen LogP contribution in [0.5, 0.6) is 0 Å². The molecule has 0 aromatic carbocycles. The Kier molecular flexibility index (Phi) is 4.13. The first kappa shape index (κ1) is 15.6. The molecule has 1 aromatic heterocycles. The third kappa shape index (κ3) is 3.29. The number of H-pyrrole nitrogens is 1. The highest BCUT2D eigenvalue weighted by molar-refractivity contribution is 5.62. The standard InChI is InChI=1S/C14H24N4O3/c1-9(2)8-18-11(15)10(12(19)16-13(18)20)17-6-4-14(3,21)5-7-17/h9,21H,4-8,15H2,1-3H3,(H,16,19,20). The van der Waals surface area contributed by atoms with Crippen LogP contribution in [-0.2, 0) is 6.54 Å². The summed E-state index contributed by atoms with van der Waals surface area (Å²) in [6.07, 6.45) is 1.13. The van der Waals surface area contributed by atoms with E-state index in [0.717, 1.165) is 0 Å². The third-order valence-electron chi connectivity index (χ3n) is 3.92. The minimum Gasteiger partial charge on any atom is -0.390 e. The highest BCUT2D eigenvalue weighted by Crippen LogP contribution is 2.26. The van der Waals surface area contributed by atoms with E-state index in [1.807, 2.05) is 18.7 Å². The van der Waals surface area contributed by atoms with Gasteiger partial charge >= 0.3 is 5.69 Å². The number of nitrogens with zero attached hydrogens (tertiary/aromatic N) is 2. The summed E-state index contributed by atoms with van der Waals surface area (Å²) in [4.78, 5) is 28.2.